The number of hydrazone groups is 1. The van der Waals surface area contributed by atoms with Crippen molar-refractivity contribution in [3.8, 4) is 0 Å². The summed E-state index contributed by atoms with van der Waals surface area (Å²) in [7, 11) is 0. The van der Waals surface area contributed by atoms with Crippen LogP contribution in [0.2, 0.25) is 0 Å². The molecule has 3 aromatic carbocycles. The van der Waals surface area contributed by atoms with Crippen LogP contribution in [0.3, 0.4) is 0 Å². The maximum absolute atomic E-state index is 12.6. The van der Waals surface area contributed by atoms with Gasteiger partial charge in [-0.15, -0.1) is 0 Å². The van der Waals surface area contributed by atoms with Gasteiger partial charge in [0, 0.05) is 16.5 Å². The lowest BCUT2D eigenvalue weighted by Crippen LogP contribution is -2.11. The summed E-state index contributed by atoms with van der Waals surface area (Å²) >= 11 is 0. The summed E-state index contributed by atoms with van der Waals surface area (Å²) in [5, 5.41) is 15.1. The molecule has 5 nitrogen and oxygen atoms in total. The Hall–Kier alpha value is -3.47. The number of benzene rings is 3. The van der Waals surface area contributed by atoms with E-state index in [0.29, 0.717) is 17.0 Å². The first-order valence-electron chi connectivity index (χ1n) is 7.39. The lowest BCUT2D eigenvalue weighted by atomic mass is 10.1. The highest BCUT2D eigenvalue weighted by Gasteiger charge is 2.28. The Labute approximate surface area is 137 Å². The minimum absolute atomic E-state index is 0.114. The molecular weight excluding hydrogens is 304 g/mol. The van der Waals surface area contributed by atoms with Gasteiger partial charge in [0.2, 0.25) is 5.78 Å². The largest absolute Gasteiger partial charge is 0.478 e. The molecule has 0 amide bonds. The van der Waals surface area contributed by atoms with Gasteiger partial charge in [0.15, 0.2) is 0 Å². The number of aromatic carboxylic acids is 1. The van der Waals surface area contributed by atoms with Crippen LogP contribution in [0, 0.1) is 0 Å². The molecular formula is C19H12N2O3. The zero-order valence-electron chi connectivity index (χ0n) is 12.5. The highest BCUT2D eigenvalue weighted by atomic mass is 16.4. The molecule has 0 bridgehead atoms. The topological polar surface area (TPSA) is 78.8 Å². The van der Waals surface area contributed by atoms with Crippen LogP contribution in [-0.4, -0.2) is 22.6 Å². The van der Waals surface area contributed by atoms with Crippen LogP contribution in [0.25, 0.3) is 10.8 Å². The summed E-state index contributed by atoms with van der Waals surface area (Å²) in [6.45, 7) is 0. The van der Waals surface area contributed by atoms with Crippen molar-refractivity contribution in [2.75, 3.05) is 5.43 Å². The van der Waals surface area contributed by atoms with E-state index in [1.807, 2.05) is 30.3 Å². The quantitative estimate of drug-likeness (QED) is 0.724. The number of anilines is 1. The number of rotatable bonds is 3. The molecule has 5 heteroatoms. The summed E-state index contributed by atoms with van der Waals surface area (Å²) in [6.07, 6.45) is 0. The number of carbonyl (C=O) groups is 2. The van der Waals surface area contributed by atoms with Crippen molar-refractivity contribution in [2.45, 2.75) is 0 Å². The lowest BCUT2D eigenvalue weighted by molar-refractivity contribution is 0.0696. The first-order chi connectivity index (χ1) is 11.6. The van der Waals surface area contributed by atoms with Crippen molar-refractivity contribution in [2.24, 2.45) is 5.10 Å². The Morgan fingerprint density at radius 2 is 1.58 bits per heavy atom. The molecule has 0 fully saturated rings. The molecule has 2 N–H and O–H groups in total. The van der Waals surface area contributed by atoms with Gasteiger partial charge < -0.3 is 5.11 Å². The van der Waals surface area contributed by atoms with E-state index in [2.05, 4.69) is 10.5 Å². The van der Waals surface area contributed by atoms with Crippen molar-refractivity contribution in [1.29, 1.82) is 0 Å². The van der Waals surface area contributed by atoms with Gasteiger partial charge in [-0.25, -0.2) is 4.79 Å². The molecule has 1 aliphatic carbocycles. The minimum Gasteiger partial charge on any atom is -0.478 e. The fraction of sp³-hybridized carbons (Fsp3) is 0. The average molecular weight is 316 g/mol. The summed E-state index contributed by atoms with van der Waals surface area (Å²) < 4.78 is 0. The van der Waals surface area contributed by atoms with Gasteiger partial charge in [0.1, 0.15) is 5.71 Å². The van der Waals surface area contributed by atoms with Crippen molar-refractivity contribution in [3.63, 3.8) is 0 Å². The van der Waals surface area contributed by atoms with Crippen LogP contribution in [0.15, 0.2) is 65.8 Å². The Balaban J connectivity index is 1.70. The SMILES string of the molecule is O=C(O)c1ccc(N/N=C2\C(=O)c3cccc4cccc2c34)cc1. The lowest BCUT2D eigenvalue weighted by Gasteiger charge is -2.03. The van der Waals surface area contributed by atoms with Gasteiger partial charge in [0.05, 0.1) is 11.3 Å². The van der Waals surface area contributed by atoms with Gasteiger partial charge in [-0.3, -0.25) is 10.2 Å². The van der Waals surface area contributed by atoms with E-state index in [-0.39, 0.29) is 11.3 Å². The molecule has 0 aromatic heterocycles. The first kappa shape index (κ1) is 14.1. The molecule has 3 aromatic rings. The van der Waals surface area contributed by atoms with Crippen LogP contribution in [0.5, 0.6) is 0 Å². The molecule has 0 unspecified atom stereocenters. The number of carbonyl (C=O) groups excluding carboxylic acids is 1. The maximum Gasteiger partial charge on any atom is 0.335 e. The highest BCUT2D eigenvalue weighted by molar-refractivity contribution is 6.59. The number of hydrogen-bond acceptors (Lipinski definition) is 4. The predicted molar refractivity (Wildman–Crippen MR) is 91.8 cm³/mol. The standard InChI is InChI=1S/C19H12N2O3/c22-18-15-6-2-4-11-3-1-5-14(16(11)15)17(18)21-20-13-9-7-12(8-10-13)19(23)24/h1-10,20H,(H,23,24)/b21-17-. The summed E-state index contributed by atoms with van der Waals surface area (Å²) in [5.41, 5.74) is 5.48. The van der Waals surface area contributed by atoms with Crippen LogP contribution in [0.4, 0.5) is 5.69 Å². The molecule has 0 radical (unpaired) electrons. The van der Waals surface area contributed by atoms with Crippen molar-refractivity contribution < 1.29 is 14.7 Å². The molecule has 0 heterocycles. The summed E-state index contributed by atoms with van der Waals surface area (Å²) in [5.74, 6) is -1.10. The van der Waals surface area contributed by atoms with Crippen LogP contribution in [0.1, 0.15) is 26.3 Å². The Morgan fingerprint density at radius 1 is 0.917 bits per heavy atom. The van der Waals surface area contributed by atoms with Crippen molar-refractivity contribution in [3.05, 3.63) is 77.4 Å². The molecule has 0 aliphatic heterocycles. The van der Waals surface area contributed by atoms with E-state index < -0.39 is 5.97 Å². The van der Waals surface area contributed by atoms with Gasteiger partial charge in [-0.1, -0.05) is 36.4 Å². The number of carboxylic acids is 1. The molecule has 0 atom stereocenters. The Bertz CT molecular complexity index is 1020. The third kappa shape index (κ3) is 2.14. The predicted octanol–water partition coefficient (Wildman–Crippen LogP) is 3.55. The normalized spacial score (nSPS) is 14.3. The van der Waals surface area contributed by atoms with E-state index in [1.54, 1.807) is 18.2 Å². The molecule has 0 saturated heterocycles. The Morgan fingerprint density at radius 3 is 2.25 bits per heavy atom. The maximum atomic E-state index is 12.6. The second-order valence-electron chi connectivity index (χ2n) is 5.49. The number of Topliss-reactive ketones (excluding diaryl/α,β-unsaturated/α-hetero) is 1. The van der Waals surface area contributed by atoms with Gasteiger partial charge >= 0.3 is 5.97 Å². The molecule has 24 heavy (non-hydrogen) atoms. The van der Waals surface area contributed by atoms with Gasteiger partial charge in [0.25, 0.3) is 0 Å². The number of carboxylic acid groups (broad SMARTS) is 1. The smallest absolute Gasteiger partial charge is 0.335 e. The summed E-state index contributed by atoms with van der Waals surface area (Å²) in [6, 6.07) is 17.6. The van der Waals surface area contributed by atoms with Crippen LogP contribution >= 0.6 is 0 Å². The monoisotopic (exact) mass is 316 g/mol. The average Bonchev–Trinajstić information content (AvgIpc) is 2.88. The zero-order chi connectivity index (χ0) is 16.7. The molecule has 0 spiro atoms. The molecule has 4 rings (SSSR count). The first-order valence-corrected chi connectivity index (χ1v) is 7.39. The molecule has 0 saturated carbocycles. The van der Waals surface area contributed by atoms with E-state index in [4.69, 9.17) is 5.11 Å². The van der Waals surface area contributed by atoms with Crippen molar-refractivity contribution in [1.82, 2.24) is 0 Å². The number of nitrogens with zero attached hydrogens (tertiary/aromatic N) is 1. The minimum atomic E-state index is -0.985. The third-order valence-electron chi connectivity index (χ3n) is 4.05. The van der Waals surface area contributed by atoms with Crippen molar-refractivity contribution >= 4 is 33.9 Å². The second kappa shape index (κ2) is 5.31. The van der Waals surface area contributed by atoms with E-state index >= 15 is 0 Å². The van der Waals surface area contributed by atoms with E-state index in [0.717, 1.165) is 16.3 Å². The third-order valence-corrected chi connectivity index (χ3v) is 4.05. The Kier molecular flexibility index (Phi) is 3.13. The fourth-order valence-electron chi connectivity index (χ4n) is 2.90. The second-order valence-corrected chi connectivity index (χ2v) is 5.49. The van der Waals surface area contributed by atoms with Crippen LogP contribution < -0.4 is 5.43 Å². The number of nitrogens with one attached hydrogen (secondary N) is 1. The summed E-state index contributed by atoms with van der Waals surface area (Å²) in [4.78, 5) is 23.5. The number of ketones is 1. The van der Waals surface area contributed by atoms with E-state index in [9.17, 15) is 9.59 Å². The highest BCUT2D eigenvalue weighted by Crippen LogP contribution is 2.31. The van der Waals surface area contributed by atoms with Gasteiger partial charge in [-0.2, -0.15) is 5.10 Å². The number of hydrogen-bond donors (Lipinski definition) is 2. The van der Waals surface area contributed by atoms with Crippen LogP contribution in [-0.2, 0) is 0 Å². The zero-order valence-corrected chi connectivity index (χ0v) is 12.5. The fourth-order valence-corrected chi connectivity index (χ4v) is 2.90. The molecule has 116 valence electrons. The van der Waals surface area contributed by atoms with Gasteiger partial charge in [-0.05, 0) is 29.7 Å². The molecule has 1 aliphatic rings. The van der Waals surface area contributed by atoms with E-state index in [1.165, 1.54) is 12.1 Å².